The van der Waals surface area contributed by atoms with Gasteiger partial charge in [-0.2, -0.15) is 0 Å². The average Bonchev–Trinajstić information content (AvgIpc) is 2.72. The summed E-state index contributed by atoms with van der Waals surface area (Å²) in [4.78, 5) is 17.3. The van der Waals surface area contributed by atoms with Crippen molar-refractivity contribution in [1.82, 2.24) is 10.3 Å². The quantitative estimate of drug-likeness (QED) is 0.833. The van der Waals surface area contributed by atoms with Crippen LogP contribution in [0.5, 0.6) is 0 Å². The van der Waals surface area contributed by atoms with E-state index in [-0.39, 0.29) is 5.91 Å². The number of nitrogens with one attached hydrogen (secondary N) is 1. The molecule has 0 radical (unpaired) electrons. The number of nitrogen functional groups attached to an aromatic ring is 1. The Balaban J connectivity index is 2.03. The topological polar surface area (TPSA) is 68.0 Å². The fraction of sp³-hybridized carbons (Fsp3) is 0.231. The Morgan fingerprint density at radius 3 is 2.83 bits per heavy atom. The van der Waals surface area contributed by atoms with Crippen LogP contribution in [0.25, 0.3) is 0 Å². The zero-order valence-corrected chi connectivity index (χ0v) is 11.2. The molecule has 3 N–H and O–H groups in total. The molecule has 0 aliphatic rings. The van der Waals surface area contributed by atoms with Crippen molar-refractivity contribution in [1.29, 1.82) is 0 Å². The fourth-order valence-electron chi connectivity index (χ4n) is 1.68. The molecular formula is C13H15N3OS. The van der Waals surface area contributed by atoms with Gasteiger partial charge in [0, 0.05) is 22.3 Å². The molecule has 0 bridgehead atoms. The molecule has 0 aliphatic heterocycles. The largest absolute Gasteiger partial charge is 0.399 e. The molecule has 0 unspecified atom stereocenters. The number of amides is 1. The lowest BCUT2D eigenvalue weighted by atomic mass is 10.1. The van der Waals surface area contributed by atoms with E-state index in [9.17, 15) is 4.79 Å². The molecule has 0 aliphatic carbocycles. The fourth-order valence-corrected chi connectivity index (χ4v) is 2.40. The summed E-state index contributed by atoms with van der Waals surface area (Å²) in [5, 5.41) is 3.77. The van der Waals surface area contributed by atoms with Crippen molar-refractivity contribution in [2.75, 3.05) is 5.73 Å². The van der Waals surface area contributed by atoms with Crippen molar-refractivity contribution in [2.45, 2.75) is 20.4 Å². The summed E-state index contributed by atoms with van der Waals surface area (Å²) in [6.45, 7) is 4.33. The van der Waals surface area contributed by atoms with Crippen molar-refractivity contribution in [3.8, 4) is 0 Å². The summed E-state index contributed by atoms with van der Waals surface area (Å²) >= 11 is 1.59. The Labute approximate surface area is 110 Å². The summed E-state index contributed by atoms with van der Waals surface area (Å²) in [5.41, 5.74) is 7.85. The van der Waals surface area contributed by atoms with Crippen molar-refractivity contribution in [3.05, 3.63) is 45.4 Å². The van der Waals surface area contributed by atoms with E-state index in [1.807, 2.05) is 13.8 Å². The van der Waals surface area contributed by atoms with Gasteiger partial charge in [-0.05, 0) is 37.6 Å². The number of hydrogen-bond acceptors (Lipinski definition) is 4. The van der Waals surface area contributed by atoms with Gasteiger partial charge < -0.3 is 11.1 Å². The second-order valence-corrected chi connectivity index (χ2v) is 5.44. The lowest BCUT2D eigenvalue weighted by molar-refractivity contribution is 0.0950. The van der Waals surface area contributed by atoms with Crippen molar-refractivity contribution >= 4 is 22.9 Å². The Bertz CT molecular complexity index is 577. The smallest absolute Gasteiger partial charge is 0.251 e. The number of anilines is 1. The first-order valence-corrected chi connectivity index (χ1v) is 6.43. The normalized spacial score (nSPS) is 10.3. The van der Waals surface area contributed by atoms with E-state index in [0.717, 1.165) is 15.4 Å². The summed E-state index contributed by atoms with van der Waals surface area (Å²) in [6.07, 6.45) is 1.81. The van der Waals surface area contributed by atoms with Gasteiger partial charge in [0.1, 0.15) is 5.01 Å². The highest BCUT2D eigenvalue weighted by Gasteiger charge is 2.09. The number of carbonyl (C=O) groups is 1. The first-order chi connectivity index (χ1) is 8.56. The van der Waals surface area contributed by atoms with Crippen LogP contribution in [0.4, 0.5) is 5.69 Å². The molecule has 1 amide bonds. The molecule has 0 fully saturated rings. The summed E-state index contributed by atoms with van der Waals surface area (Å²) in [6, 6.07) is 5.27. The summed E-state index contributed by atoms with van der Waals surface area (Å²) < 4.78 is 0. The molecule has 1 aromatic carbocycles. The molecule has 0 spiro atoms. The standard InChI is InChI=1S/C13H15N3OS/c1-8-5-10(14)3-4-11(8)13(17)16-7-12-15-6-9(2)18-12/h3-6H,7,14H2,1-2H3,(H,16,17). The minimum atomic E-state index is -0.0969. The second kappa shape index (κ2) is 5.18. The number of nitrogens with zero attached hydrogens (tertiary/aromatic N) is 1. The van der Waals surface area contributed by atoms with Gasteiger partial charge in [0.25, 0.3) is 5.91 Å². The van der Waals surface area contributed by atoms with Gasteiger partial charge in [0.05, 0.1) is 6.54 Å². The minimum Gasteiger partial charge on any atom is -0.399 e. The lowest BCUT2D eigenvalue weighted by Gasteiger charge is -2.07. The number of aryl methyl sites for hydroxylation is 2. The van der Waals surface area contributed by atoms with E-state index in [1.165, 1.54) is 0 Å². The summed E-state index contributed by atoms with van der Waals surface area (Å²) in [7, 11) is 0. The van der Waals surface area contributed by atoms with Crippen LogP contribution in [-0.2, 0) is 6.54 Å². The highest BCUT2D eigenvalue weighted by atomic mass is 32.1. The van der Waals surface area contributed by atoms with Gasteiger partial charge in [0.2, 0.25) is 0 Å². The Hall–Kier alpha value is -1.88. The SMILES string of the molecule is Cc1cnc(CNC(=O)c2ccc(N)cc2C)s1. The van der Waals surface area contributed by atoms with Gasteiger partial charge in [-0.1, -0.05) is 0 Å². The van der Waals surface area contributed by atoms with Crippen LogP contribution in [0.1, 0.15) is 25.8 Å². The number of carbonyl (C=O) groups excluding carboxylic acids is 1. The highest BCUT2D eigenvalue weighted by molar-refractivity contribution is 7.11. The Morgan fingerprint density at radius 1 is 1.44 bits per heavy atom. The molecule has 18 heavy (non-hydrogen) atoms. The number of nitrogens with two attached hydrogens (primary N) is 1. The zero-order valence-electron chi connectivity index (χ0n) is 10.4. The van der Waals surface area contributed by atoms with Gasteiger partial charge >= 0.3 is 0 Å². The maximum absolute atomic E-state index is 12.0. The number of aromatic nitrogens is 1. The van der Waals surface area contributed by atoms with E-state index in [2.05, 4.69) is 10.3 Å². The molecule has 2 rings (SSSR count). The summed E-state index contributed by atoms with van der Waals surface area (Å²) in [5.74, 6) is -0.0969. The van der Waals surface area contributed by atoms with Crippen molar-refractivity contribution in [3.63, 3.8) is 0 Å². The minimum absolute atomic E-state index is 0.0969. The van der Waals surface area contributed by atoms with E-state index >= 15 is 0 Å². The average molecular weight is 261 g/mol. The first-order valence-electron chi connectivity index (χ1n) is 5.62. The monoisotopic (exact) mass is 261 g/mol. The third kappa shape index (κ3) is 2.87. The molecule has 4 nitrogen and oxygen atoms in total. The van der Waals surface area contributed by atoms with Gasteiger partial charge in [-0.3, -0.25) is 4.79 Å². The molecular weight excluding hydrogens is 246 g/mol. The van der Waals surface area contributed by atoms with E-state index in [1.54, 1.807) is 35.7 Å². The third-order valence-electron chi connectivity index (χ3n) is 2.56. The van der Waals surface area contributed by atoms with E-state index in [4.69, 9.17) is 5.73 Å². The van der Waals surface area contributed by atoms with Crippen molar-refractivity contribution < 1.29 is 4.79 Å². The lowest BCUT2D eigenvalue weighted by Crippen LogP contribution is -2.23. The number of hydrogen-bond donors (Lipinski definition) is 2. The van der Waals surface area contributed by atoms with E-state index < -0.39 is 0 Å². The number of benzene rings is 1. The van der Waals surface area contributed by atoms with Crippen LogP contribution in [0.2, 0.25) is 0 Å². The predicted octanol–water partition coefficient (Wildman–Crippen LogP) is 2.27. The third-order valence-corrected chi connectivity index (χ3v) is 3.48. The molecule has 94 valence electrons. The molecule has 5 heteroatoms. The number of thiazole rings is 1. The van der Waals surface area contributed by atoms with Crippen LogP contribution in [-0.4, -0.2) is 10.9 Å². The molecule has 1 heterocycles. The Kier molecular flexibility index (Phi) is 3.62. The van der Waals surface area contributed by atoms with Gasteiger partial charge in [-0.25, -0.2) is 4.98 Å². The van der Waals surface area contributed by atoms with Crippen LogP contribution >= 0.6 is 11.3 Å². The van der Waals surface area contributed by atoms with Crippen molar-refractivity contribution in [2.24, 2.45) is 0 Å². The predicted molar refractivity (Wildman–Crippen MR) is 73.6 cm³/mol. The molecule has 1 aromatic heterocycles. The van der Waals surface area contributed by atoms with E-state index in [0.29, 0.717) is 17.8 Å². The maximum atomic E-state index is 12.0. The zero-order chi connectivity index (χ0) is 13.1. The molecule has 0 atom stereocenters. The molecule has 2 aromatic rings. The molecule has 0 saturated carbocycles. The van der Waals surface area contributed by atoms with Crippen LogP contribution < -0.4 is 11.1 Å². The van der Waals surface area contributed by atoms with Crippen LogP contribution in [0, 0.1) is 13.8 Å². The van der Waals surface area contributed by atoms with Crippen LogP contribution in [0.3, 0.4) is 0 Å². The number of rotatable bonds is 3. The van der Waals surface area contributed by atoms with Gasteiger partial charge in [-0.15, -0.1) is 11.3 Å². The Morgan fingerprint density at radius 2 is 2.22 bits per heavy atom. The first kappa shape index (κ1) is 12.6. The molecule has 0 saturated heterocycles. The second-order valence-electron chi connectivity index (χ2n) is 4.12. The maximum Gasteiger partial charge on any atom is 0.251 e. The van der Waals surface area contributed by atoms with Gasteiger partial charge in [0.15, 0.2) is 0 Å². The highest BCUT2D eigenvalue weighted by Crippen LogP contribution is 2.14. The van der Waals surface area contributed by atoms with Crippen LogP contribution in [0.15, 0.2) is 24.4 Å².